The molecule has 3 fully saturated rings. The maximum absolute atomic E-state index is 12.5. The van der Waals surface area contributed by atoms with Crippen LogP contribution in [0.15, 0.2) is 35.5 Å². The highest BCUT2D eigenvalue weighted by Gasteiger charge is 2.67. The summed E-state index contributed by atoms with van der Waals surface area (Å²) in [4.78, 5) is 24.8. The van der Waals surface area contributed by atoms with Gasteiger partial charge in [0.25, 0.3) is 0 Å². The second-order valence-electron chi connectivity index (χ2n) is 7.95. The molecule has 2 aliphatic heterocycles. The number of hydrogen-bond acceptors (Lipinski definition) is 8. The first-order valence-corrected chi connectivity index (χ1v) is 9.35. The van der Waals surface area contributed by atoms with E-state index in [1.165, 1.54) is 6.08 Å². The van der Waals surface area contributed by atoms with Crippen LogP contribution in [0.4, 0.5) is 0 Å². The largest absolute Gasteiger partial charge is 0.458 e. The molecule has 0 aromatic carbocycles. The summed E-state index contributed by atoms with van der Waals surface area (Å²) in [7, 11) is 0. The molecule has 152 valence electrons. The van der Waals surface area contributed by atoms with E-state index in [4.69, 9.17) is 19.3 Å². The van der Waals surface area contributed by atoms with E-state index in [2.05, 4.69) is 6.58 Å². The number of epoxide rings is 1. The van der Waals surface area contributed by atoms with Crippen LogP contribution in [0, 0.1) is 17.8 Å². The van der Waals surface area contributed by atoms with E-state index < -0.39 is 55.0 Å². The summed E-state index contributed by atoms with van der Waals surface area (Å²) in [5, 5.41) is 29.0. The second kappa shape index (κ2) is 6.81. The molecule has 8 heteroatoms. The van der Waals surface area contributed by atoms with Gasteiger partial charge in [-0.3, -0.25) is 0 Å². The van der Waals surface area contributed by atoms with Gasteiger partial charge in [0.1, 0.15) is 17.8 Å². The molecule has 4 aliphatic rings. The number of rotatable bonds is 4. The smallest absolute Gasteiger partial charge is 0.336 e. The van der Waals surface area contributed by atoms with Gasteiger partial charge in [0, 0.05) is 23.8 Å². The lowest BCUT2D eigenvalue weighted by Gasteiger charge is -2.30. The Kier molecular flexibility index (Phi) is 4.70. The van der Waals surface area contributed by atoms with Crippen molar-refractivity contribution in [3.05, 3.63) is 35.5 Å². The van der Waals surface area contributed by atoms with Gasteiger partial charge in [-0.05, 0) is 13.0 Å². The van der Waals surface area contributed by atoms with E-state index in [1.807, 2.05) is 6.92 Å². The van der Waals surface area contributed by atoms with Crippen LogP contribution < -0.4 is 0 Å². The summed E-state index contributed by atoms with van der Waals surface area (Å²) in [5.74, 6) is -2.43. The quantitative estimate of drug-likeness (QED) is 0.256. The molecule has 7 unspecified atom stereocenters. The third-order valence-electron chi connectivity index (χ3n) is 6.43. The van der Waals surface area contributed by atoms with Crippen LogP contribution in [0.1, 0.15) is 13.3 Å². The first kappa shape index (κ1) is 19.3. The Hall–Kier alpha value is -2.00. The fourth-order valence-electron chi connectivity index (χ4n) is 5.08. The normalized spacial score (nSPS) is 41.9. The van der Waals surface area contributed by atoms with Crippen molar-refractivity contribution in [3.63, 3.8) is 0 Å². The summed E-state index contributed by atoms with van der Waals surface area (Å²) in [5.41, 5.74) is 0.403. The van der Waals surface area contributed by atoms with Crippen LogP contribution >= 0.6 is 0 Å². The molecule has 7 atom stereocenters. The van der Waals surface area contributed by atoms with Crippen LogP contribution in [0.25, 0.3) is 0 Å². The van der Waals surface area contributed by atoms with Crippen molar-refractivity contribution in [2.45, 2.75) is 37.3 Å². The van der Waals surface area contributed by atoms with Gasteiger partial charge >= 0.3 is 11.9 Å². The first-order valence-electron chi connectivity index (χ1n) is 9.35. The van der Waals surface area contributed by atoms with Crippen molar-refractivity contribution in [1.29, 1.82) is 0 Å². The molecular formula is C20H24O8. The van der Waals surface area contributed by atoms with Crippen molar-refractivity contribution < 1.29 is 39.1 Å². The molecule has 0 aromatic rings. The lowest BCUT2D eigenvalue weighted by Crippen LogP contribution is -2.39. The first-order chi connectivity index (χ1) is 13.3. The molecule has 1 spiro atoms. The monoisotopic (exact) mass is 392 g/mol. The van der Waals surface area contributed by atoms with E-state index in [0.29, 0.717) is 6.61 Å². The fourth-order valence-corrected chi connectivity index (χ4v) is 5.08. The maximum Gasteiger partial charge on any atom is 0.336 e. The van der Waals surface area contributed by atoms with Crippen molar-refractivity contribution in [2.24, 2.45) is 17.8 Å². The van der Waals surface area contributed by atoms with Crippen LogP contribution in [-0.4, -0.2) is 71.0 Å². The lowest BCUT2D eigenvalue weighted by atomic mass is 9.77. The number of aliphatic hydroxyl groups excluding tert-OH is 3. The number of hydrogen-bond donors (Lipinski definition) is 3. The summed E-state index contributed by atoms with van der Waals surface area (Å²) < 4.78 is 17.0. The van der Waals surface area contributed by atoms with Gasteiger partial charge in [0.05, 0.1) is 37.4 Å². The second-order valence-corrected chi connectivity index (χ2v) is 7.95. The standard InChI is InChI=1S/C20H24O8/c1-9-5-12(23)16-14(9)17-15(10(2)18(24)28-17)13(6-20(16)8-26-20)27-19(25)11(7-22)3-4-21/h3,5,12-17,21-23H,2,4,6-8H2,1H3. The van der Waals surface area contributed by atoms with Crippen molar-refractivity contribution in [1.82, 2.24) is 0 Å². The van der Waals surface area contributed by atoms with Crippen molar-refractivity contribution in [3.8, 4) is 0 Å². The van der Waals surface area contributed by atoms with E-state index >= 15 is 0 Å². The molecule has 1 saturated carbocycles. The molecular weight excluding hydrogens is 368 g/mol. The molecule has 0 amide bonds. The van der Waals surface area contributed by atoms with E-state index in [1.54, 1.807) is 6.08 Å². The average Bonchev–Trinajstić information content (AvgIpc) is 3.29. The lowest BCUT2D eigenvalue weighted by molar-refractivity contribution is -0.149. The van der Waals surface area contributed by atoms with Crippen LogP contribution in [-0.2, 0) is 23.8 Å². The summed E-state index contributed by atoms with van der Waals surface area (Å²) >= 11 is 0. The third-order valence-corrected chi connectivity index (χ3v) is 6.43. The summed E-state index contributed by atoms with van der Waals surface area (Å²) in [6, 6.07) is 0. The molecule has 0 aromatic heterocycles. The van der Waals surface area contributed by atoms with Gasteiger partial charge in [0.2, 0.25) is 0 Å². The number of esters is 2. The predicted octanol–water partition coefficient (Wildman–Crippen LogP) is -0.367. The van der Waals surface area contributed by atoms with E-state index in [9.17, 15) is 19.8 Å². The molecule has 0 bridgehead atoms. The van der Waals surface area contributed by atoms with Gasteiger partial charge in [0.15, 0.2) is 0 Å². The SMILES string of the molecule is C=C1C(=O)OC2C1C(OC(=O)C(=CCO)CO)CC1(CO1)C1C(O)C=C(C)C21. The van der Waals surface area contributed by atoms with Gasteiger partial charge < -0.3 is 29.5 Å². The van der Waals surface area contributed by atoms with Crippen LogP contribution in [0.3, 0.4) is 0 Å². The minimum Gasteiger partial charge on any atom is -0.458 e. The number of carbonyl (C=O) groups excluding carboxylic acids is 2. The maximum atomic E-state index is 12.5. The third kappa shape index (κ3) is 2.83. The summed E-state index contributed by atoms with van der Waals surface area (Å²) in [6.45, 7) is 5.16. The molecule has 28 heavy (non-hydrogen) atoms. The average molecular weight is 392 g/mol. The molecule has 4 rings (SSSR count). The highest BCUT2D eigenvalue weighted by molar-refractivity contribution is 5.92. The highest BCUT2D eigenvalue weighted by atomic mass is 16.6. The van der Waals surface area contributed by atoms with Gasteiger partial charge in [-0.25, -0.2) is 9.59 Å². The zero-order valence-electron chi connectivity index (χ0n) is 15.5. The van der Waals surface area contributed by atoms with E-state index in [-0.39, 0.29) is 29.4 Å². The zero-order valence-corrected chi connectivity index (χ0v) is 15.5. The van der Waals surface area contributed by atoms with Crippen molar-refractivity contribution in [2.75, 3.05) is 19.8 Å². The molecule has 0 radical (unpaired) electrons. The molecule has 2 aliphatic carbocycles. The Morgan fingerprint density at radius 3 is 2.75 bits per heavy atom. The van der Waals surface area contributed by atoms with Gasteiger partial charge in [-0.2, -0.15) is 0 Å². The Labute approximate surface area is 162 Å². The van der Waals surface area contributed by atoms with E-state index in [0.717, 1.165) is 5.57 Å². The number of ether oxygens (including phenoxy) is 3. The highest BCUT2D eigenvalue weighted by Crippen LogP contribution is 2.58. The number of fused-ring (bicyclic) bond motifs is 4. The predicted molar refractivity (Wildman–Crippen MR) is 94.7 cm³/mol. The minimum absolute atomic E-state index is 0.0683. The summed E-state index contributed by atoms with van der Waals surface area (Å²) in [6.07, 6.45) is 1.11. The Bertz CT molecular complexity index is 777. The van der Waals surface area contributed by atoms with Gasteiger partial charge in [-0.1, -0.05) is 18.2 Å². The molecule has 3 N–H and O–H groups in total. The zero-order chi connectivity index (χ0) is 20.2. The number of carbonyl (C=O) groups is 2. The van der Waals surface area contributed by atoms with Crippen molar-refractivity contribution >= 4 is 11.9 Å². The van der Waals surface area contributed by atoms with Crippen LogP contribution in [0.5, 0.6) is 0 Å². The van der Waals surface area contributed by atoms with Gasteiger partial charge in [-0.15, -0.1) is 0 Å². The molecule has 2 heterocycles. The Morgan fingerprint density at radius 2 is 2.14 bits per heavy atom. The fraction of sp³-hybridized carbons (Fsp3) is 0.600. The molecule has 2 saturated heterocycles. The Balaban J connectivity index is 1.70. The molecule has 8 nitrogen and oxygen atoms in total. The topological polar surface area (TPSA) is 126 Å². The minimum atomic E-state index is -0.775. The Morgan fingerprint density at radius 1 is 1.43 bits per heavy atom. The number of aliphatic hydroxyl groups is 3. The van der Waals surface area contributed by atoms with Crippen LogP contribution in [0.2, 0.25) is 0 Å².